The largest absolute Gasteiger partial charge is 0.308 e. The summed E-state index contributed by atoms with van der Waals surface area (Å²) in [6.07, 6.45) is 7.45. The average Bonchev–Trinajstić information content (AvgIpc) is 2.72. The lowest BCUT2D eigenvalue weighted by Crippen LogP contribution is -2.44. The fourth-order valence-corrected chi connectivity index (χ4v) is 3.20. The van der Waals surface area contributed by atoms with Crippen molar-refractivity contribution in [1.29, 1.82) is 0 Å². The van der Waals surface area contributed by atoms with E-state index in [1.807, 2.05) is 17.9 Å². The highest BCUT2D eigenvalue weighted by atomic mass is 15.3. The Hall–Kier alpha value is -0.830. The zero-order valence-corrected chi connectivity index (χ0v) is 12.2. The van der Waals surface area contributed by atoms with Gasteiger partial charge in [0.25, 0.3) is 0 Å². The molecule has 3 heteroatoms. The maximum atomic E-state index is 4.44. The van der Waals surface area contributed by atoms with Crippen LogP contribution in [0, 0.1) is 11.3 Å². The summed E-state index contributed by atoms with van der Waals surface area (Å²) in [5, 5.41) is 8.17. The van der Waals surface area contributed by atoms with Crippen molar-refractivity contribution in [2.24, 2.45) is 18.4 Å². The van der Waals surface area contributed by atoms with Crippen LogP contribution in [-0.2, 0) is 13.6 Å². The van der Waals surface area contributed by atoms with Crippen LogP contribution >= 0.6 is 0 Å². The lowest BCUT2D eigenvalue weighted by Gasteiger charge is -2.41. The minimum atomic E-state index is 0.405. The van der Waals surface area contributed by atoms with Gasteiger partial charge in [0.15, 0.2) is 0 Å². The number of nitrogens with zero attached hydrogens (tertiary/aromatic N) is 2. The Morgan fingerprint density at radius 1 is 1.33 bits per heavy atom. The molecule has 2 atom stereocenters. The van der Waals surface area contributed by atoms with E-state index in [1.165, 1.54) is 25.7 Å². The second-order valence-corrected chi connectivity index (χ2v) is 6.73. The Bertz CT molecular complexity index is 375. The summed E-state index contributed by atoms with van der Waals surface area (Å²) in [4.78, 5) is 0. The molecule has 0 spiro atoms. The highest BCUT2D eigenvalue weighted by Crippen LogP contribution is 2.38. The lowest BCUT2D eigenvalue weighted by atomic mass is 9.69. The molecule has 102 valence electrons. The van der Waals surface area contributed by atoms with E-state index >= 15 is 0 Å². The van der Waals surface area contributed by atoms with Gasteiger partial charge < -0.3 is 5.32 Å². The molecule has 0 bridgehead atoms. The monoisotopic (exact) mass is 249 g/mol. The molecule has 1 aromatic heterocycles. The Morgan fingerprint density at radius 2 is 2.06 bits per heavy atom. The maximum Gasteiger partial charge on any atom is 0.0762 e. The molecule has 1 aromatic rings. The second kappa shape index (κ2) is 5.43. The van der Waals surface area contributed by atoms with Gasteiger partial charge in [-0.3, -0.25) is 4.68 Å². The lowest BCUT2D eigenvalue weighted by molar-refractivity contribution is 0.130. The molecule has 1 aliphatic rings. The smallest absolute Gasteiger partial charge is 0.0762 e. The number of hydrogen-bond acceptors (Lipinski definition) is 2. The van der Waals surface area contributed by atoms with E-state index in [1.54, 1.807) is 0 Å². The molecule has 0 aliphatic heterocycles. The van der Waals surface area contributed by atoms with E-state index in [9.17, 15) is 0 Å². The third kappa shape index (κ3) is 3.35. The molecule has 1 heterocycles. The van der Waals surface area contributed by atoms with Crippen LogP contribution in [0.5, 0.6) is 0 Å². The minimum absolute atomic E-state index is 0.405. The first-order chi connectivity index (χ1) is 8.47. The molecule has 18 heavy (non-hydrogen) atoms. The summed E-state index contributed by atoms with van der Waals surface area (Å²) in [5.41, 5.74) is 1.55. The summed E-state index contributed by atoms with van der Waals surface area (Å²) < 4.78 is 1.87. The van der Waals surface area contributed by atoms with E-state index in [-0.39, 0.29) is 0 Å². The normalized spacial score (nSPS) is 25.3. The van der Waals surface area contributed by atoms with Gasteiger partial charge in [0.05, 0.1) is 5.69 Å². The van der Waals surface area contributed by atoms with Gasteiger partial charge in [-0.05, 0) is 30.2 Å². The van der Waals surface area contributed by atoms with Crippen LogP contribution < -0.4 is 5.32 Å². The zero-order valence-electron chi connectivity index (χ0n) is 12.2. The van der Waals surface area contributed by atoms with Gasteiger partial charge in [-0.2, -0.15) is 5.10 Å². The molecule has 0 amide bonds. The molecule has 1 fully saturated rings. The molecule has 1 N–H and O–H groups in total. The number of nitrogens with one attached hydrogen (secondary N) is 1. The predicted molar refractivity (Wildman–Crippen MR) is 75.2 cm³/mol. The Balaban J connectivity index is 1.93. The number of aromatic nitrogens is 2. The number of hydrogen-bond donors (Lipinski definition) is 1. The van der Waals surface area contributed by atoms with Gasteiger partial charge in [-0.15, -0.1) is 0 Å². The van der Waals surface area contributed by atoms with E-state index in [0.717, 1.165) is 18.2 Å². The minimum Gasteiger partial charge on any atom is -0.308 e. The highest BCUT2D eigenvalue weighted by Gasteiger charge is 2.33. The molecular weight excluding hydrogens is 222 g/mol. The highest BCUT2D eigenvalue weighted by molar-refractivity contribution is 4.99. The van der Waals surface area contributed by atoms with Crippen molar-refractivity contribution >= 4 is 0 Å². The van der Waals surface area contributed by atoms with E-state index in [2.05, 4.69) is 37.3 Å². The molecule has 3 nitrogen and oxygen atoms in total. The van der Waals surface area contributed by atoms with Crippen molar-refractivity contribution in [2.75, 3.05) is 0 Å². The molecular formula is C15H27N3. The van der Waals surface area contributed by atoms with Gasteiger partial charge in [0.1, 0.15) is 0 Å². The molecule has 0 saturated heterocycles. The first-order valence-electron chi connectivity index (χ1n) is 7.19. The fraction of sp³-hybridized carbons (Fsp3) is 0.800. The first kappa shape index (κ1) is 13.6. The number of rotatable bonds is 3. The van der Waals surface area contributed by atoms with Crippen molar-refractivity contribution in [3.63, 3.8) is 0 Å². The van der Waals surface area contributed by atoms with Gasteiger partial charge in [-0.1, -0.05) is 33.6 Å². The molecule has 1 aliphatic carbocycles. The van der Waals surface area contributed by atoms with Crippen molar-refractivity contribution in [2.45, 2.75) is 59.0 Å². The van der Waals surface area contributed by atoms with E-state index in [4.69, 9.17) is 0 Å². The van der Waals surface area contributed by atoms with Crippen molar-refractivity contribution in [3.05, 3.63) is 18.0 Å². The van der Waals surface area contributed by atoms with Crippen LogP contribution in [0.25, 0.3) is 0 Å². The van der Waals surface area contributed by atoms with Crippen LogP contribution in [0.15, 0.2) is 12.3 Å². The van der Waals surface area contributed by atoms with Gasteiger partial charge in [-0.25, -0.2) is 0 Å². The Labute approximate surface area is 111 Å². The predicted octanol–water partition coefficient (Wildman–Crippen LogP) is 3.11. The van der Waals surface area contributed by atoms with Crippen molar-refractivity contribution < 1.29 is 0 Å². The summed E-state index contributed by atoms with van der Waals surface area (Å²) in [5.74, 6) is 0.787. The summed E-state index contributed by atoms with van der Waals surface area (Å²) in [6.45, 7) is 8.02. The van der Waals surface area contributed by atoms with Crippen molar-refractivity contribution in [1.82, 2.24) is 15.1 Å². The molecule has 1 saturated carbocycles. The van der Waals surface area contributed by atoms with Crippen LogP contribution in [0.2, 0.25) is 0 Å². The van der Waals surface area contributed by atoms with E-state index in [0.29, 0.717) is 11.5 Å². The zero-order chi connectivity index (χ0) is 13.2. The van der Waals surface area contributed by atoms with E-state index < -0.39 is 0 Å². The Kier molecular flexibility index (Phi) is 4.10. The maximum absolute atomic E-state index is 4.44. The van der Waals surface area contributed by atoms with Gasteiger partial charge >= 0.3 is 0 Å². The first-order valence-corrected chi connectivity index (χ1v) is 7.19. The summed E-state index contributed by atoms with van der Waals surface area (Å²) in [6, 6.07) is 2.75. The summed E-state index contributed by atoms with van der Waals surface area (Å²) >= 11 is 0. The van der Waals surface area contributed by atoms with Crippen LogP contribution in [0.4, 0.5) is 0 Å². The third-order valence-corrected chi connectivity index (χ3v) is 4.19. The average molecular weight is 249 g/mol. The fourth-order valence-electron chi connectivity index (χ4n) is 3.20. The third-order valence-electron chi connectivity index (χ3n) is 4.19. The van der Waals surface area contributed by atoms with Crippen LogP contribution in [0.3, 0.4) is 0 Å². The Morgan fingerprint density at radius 3 is 2.67 bits per heavy atom. The SMILES string of the molecule is Cn1ccc(CNC2CCCCC2C(C)(C)C)n1. The molecule has 2 rings (SSSR count). The molecule has 0 radical (unpaired) electrons. The number of aryl methyl sites for hydroxylation is 1. The van der Waals surface area contributed by atoms with Gasteiger partial charge in [0, 0.05) is 25.8 Å². The second-order valence-electron chi connectivity index (χ2n) is 6.73. The quantitative estimate of drug-likeness (QED) is 0.892. The standard InChI is InChI=1S/C15H27N3/c1-15(2,3)13-7-5-6-8-14(13)16-11-12-9-10-18(4)17-12/h9-10,13-14,16H,5-8,11H2,1-4H3. The van der Waals surface area contributed by atoms with Gasteiger partial charge in [0.2, 0.25) is 0 Å². The van der Waals surface area contributed by atoms with Crippen LogP contribution in [-0.4, -0.2) is 15.8 Å². The van der Waals surface area contributed by atoms with Crippen molar-refractivity contribution in [3.8, 4) is 0 Å². The topological polar surface area (TPSA) is 29.9 Å². The summed E-state index contributed by atoms with van der Waals surface area (Å²) in [7, 11) is 1.97. The molecule has 0 aromatic carbocycles. The van der Waals surface area contributed by atoms with Crippen LogP contribution in [0.1, 0.15) is 52.1 Å². The molecule has 2 unspecified atom stereocenters.